The van der Waals surface area contributed by atoms with Crippen molar-refractivity contribution >= 4 is 35.2 Å². The van der Waals surface area contributed by atoms with Crippen LogP contribution in [-0.2, 0) is 11.3 Å². The molecule has 3 N–H and O–H groups in total. The second kappa shape index (κ2) is 7.21. The van der Waals surface area contributed by atoms with Crippen LogP contribution < -0.4 is 11.1 Å². The molecule has 0 saturated carbocycles. The number of imide groups is 1. The Kier molecular flexibility index (Phi) is 5.32. The summed E-state index contributed by atoms with van der Waals surface area (Å²) in [5.41, 5.74) is 5.67. The minimum absolute atomic E-state index is 0.0223. The van der Waals surface area contributed by atoms with Gasteiger partial charge in [-0.25, -0.2) is 0 Å². The second-order valence-electron chi connectivity index (χ2n) is 3.84. The van der Waals surface area contributed by atoms with Crippen LogP contribution in [-0.4, -0.2) is 27.8 Å². The predicted molar refractivity (Wildman–Crippen MR) is 76.8 cm³/mol. The highest BCUT2D eigenvalue weighted by atomic mass is 35.5. The van der Waals surface area contributed by atoms with Crippen molar-refractivity contribution in [3.8, 4) is 0 Å². The zero-order valence-corrected chi connectivity index (χ0v) is 12.3. The number of aromatic nitrogens is 2. The Morgan fingerprint density at radius 2 is 2.00 bits per heavy atom. The molecule has 0 aliphatic heterocycles. The van der Waals surface area contributed by atoms with Gasteiger partial charge in [0.2, 0.25) is 11.8 Å². The number of nitrogens with one attached hydrogen (secondary N) is 1. The molecule has 1 aromatic carbocycles. The first-order chi connectivity index (χ1) is 10.1. The third kappa shape index (κ3) is 4.55. The monoisotopic (exact) mass is 326 g/mol. The average Bonchev–Trinajstić information content (AvgIpc) is 2.94. The Balaban J connectivity index is 1.83. The minimum Gasteiger partial charge on any atom is -0.415 e. The first-order valence-electron chi connectivity index (χ1n) is 5.83. The van der Waals surface area contributed by atoms with Crippen molar-refractivity contribution in [3.05, 3.63) is 40.7 Å². The molecule has 1 aromatic heterocycles. The van der Waals surface area contributed by atoms with Gasteiger partial charge in [-0.1, -0.05) is 23.4 Å². The summed E-state index contributed by atoms with van der Waals surface area (Å²) >= 11 is 6.74. The summed E-state index contributed by atoms with van der Waals surface area (Å²) < 4.78 is 5.12. The lowest BCUT2D eigenvalue weighted by Gasteiger charge is -2.03. The van der Waals surface area contributed by atoms with Crippen LogP contribution in [0.2, 0.25) is 5.02 Å². The van der Waals surface area contributed by atoms with Crippen LogP contribution in [0.25, 0.3) is 0 Å². The number of carbonyl (C=O) groups is 2. The summed E-state index contributed by atoms with van der Waals surface area (Å²) in [6.45, 7) is 0.134. The quantitative estimate of drug-likeness (QED) is 0.795. The zero-order chi connectivity index (χ0) is 15.2. The summed E-state index contributed by atoms with van der Waals surface area (Å²) in [7, 11) is 0. The van der Waals surface area contributed by atoms with Gasteiger partial charge < -0.3 is 10.2 Å². The minimum atomic E-state index is -0.495. The molecule has 7 nitrogen and oxygen atoms in total. The lowest BCUT2D eigenvalue weighted by atomic mass is 10.2. The van der Waals surface area contributed by atoms with E-state index in [1.807, 2.05) is 0 Å². The number of benzene rings is 1. The molecule has 0 saturated heterocycles. The maximum Gasteiger partial charge on any atom is 0.277 e. The fraction of sp³-hybridized carbons (Fsp3) is 0.167. The van der Waals surface area contributed by atoms with E-state index in [2.05, 4.69) is 15.5 Å². The number of nitrogens with two attached hydrogens (primary N) is 1. The van der Waals surface area contributed by atoms with Crippen LogP contribution in [0.3, 0.4) is 0 Å². The largest absolute Gasteiger partial charge is 0.415 e. The lowest BCUT2D eigenvalue weighted by Crippen LogP contribution is -2.31. The van der Waals surface area contributed by atoms with E-state index >= 15 is 0 Å². The molecule has 0 radical (unpaired) electrons. The van der Waals surface area contributed by atoms with Gasteiger partial charge in [0.1, 0.15) is 0 Å². The number of nitrogens with zero attached hydrogens (tertiary/aromatic N) is 2. The van der Waals surface area contributed by atoms with Crippen molar-refractivity contribution in [1.82, 2.24) is 15.5 Å². The van der Waals surface area contributed by atoms with Gasteiger partial charge in [0.25, 0.3) is 11.1 Å². The van der Waals surface area contributed by atoms with Gasteiger partial charge in [-0.2, -0.15) is 0 Å². The molecule has 110 valence electrons. The number of hydrogen-bond donors (Lipinski definition) is 2. The number of rotatable bonds is 5. The summed E-state index contributed by atoms with van der Waals surface area (Å²) in [5, 5.41) is 10.3. The van der Waals surface area contributed by atoms with Gasteiger partial charge >= 0.3 is 0 Å². The summed E-state index contributed by atoms with van der Waals surface area (Å²) in [5.74, 6) is -0.695. The molecule has 0 spiro atoms. The molecular weight excluding hydrogens is 316 g/mol. The highest BCUT2D eigenvalue weighted by molar-refractivity contribution is 7.99. The number of carbonyl (C=O) groups excluding carboxylic acids is 2. The molecular formula is C12H11ClN4O3S. The third-order valence-corrected chi connectivity index (χ3v) is 3.38. The Morgan fingerprint density at radius 3 is 2.62 bits per heavy atom. The van der Waals surface area contributed by atoms with Crippen molar-refractivity contribution in [1.29, 1.82) is 0 Å². The molecule has 0 bridgehead atoms. The van der Waals surface area contributed by atoms with E-state index in [9.17, 15) is 9.59 Å². The number of amides is 2. The molecule has 0 aliphatic rings. The van der Waals surface area contributed by atoms with Crippen molar-refractivity contribution in [3.63, 3.8) is 0 Å². The fourth-order valence-corrected chi connectivity index (χ4v) is 2.05. The fourth-order valence-electron chi connectivity index (χ4n) is 1.34. The zero-order valence-electron chi connectivity index (χ0n) is 10.7. The highest BCUT2D eigenvalue weighted by Crippen LogP contribution is 2.15. The van der Waals surface area contributed by atoms with E-state index in [1.165, 1.54) is 12.1 Å². The van der Waals surface area contributed by atoms with Gasteiger partial charge in [0.15, 0.2) is 0 Å². The Bertz CT molecular complexity index is 644. The summed E-state index contributed by atoms with van der Waals surface area (Å²) in [6, 6.07) is 6.21. The van der Waals surface area contributed by atoms with Crippen LogP contribution >= 0.6 is 23.4 Å². The van der Waals surface area contributed by atoms with E-state index in [4.69, 9.17) is 21.8 Å². The van der Waals surface area contributed by atoms with Gasteiger partial charge in [-0.05, 0) is 24.3 Å². The number of hydrogen-bond acceptors (Lipinski definition) is 7. The van der Waals surface area contributed by atoms with E-state index in [0.29, 0.717) is 10.6 Å². The van der Waals surface area contributed by atoms with E-state index in [0.717, 1.165) is 11.8 Å². The van der Waals surface area contributed by atoms with Gasteiger partial charge in [0, 0.05) is 10.6 Å². The smallest absolute Gasteiger partial charge is 0.277 e. The van der Waals surface area contributed by atoms with Crippen molar-refractivity contribution < 1.29 is 14.0 Å². The van der Waals surface area contributed by atoms with Crippen LogP contribution in [0.5, 0.6) is 0 Å². The summed E-state index contributed by atoms with van der Waals surface area (Å²) in [6.07, 6.45) is 0. The third-order valence-electron chi connectivity index (χ3n) is 2.31. The van der Waals surface area contributed by atoms with Crippen molar-refractivity contribution in [2.45, 2.75) is 11.8 Å². The first kappa shape index (κ1) is 15.5. The molecule has 2 rings (SSSR count). The Morgan fingerprint density at radius 1 is 1.29 bits per heavy atom. The summed E-state index contributed by atoms with van der Waals surface area (Å²) in [4.78, 5) is 23.4. The predicted octanol–water partition coefficient (Wildman–Crippen LogP) is 1.23. The SMILES string of the molecule is NCc1nnc(SCC(=O)NC(=O)c2ccc(Cl)cc2)o1. The molecule has 1 heterocycles. The van der Waals surface area contributed by atoms with Crippen LogP contribution in [0.1, 0.15) is 16.2 Å². The van der Waals surface area contributed by atoms with Gasteiger partial charge in [-0.15, -0.1) is 10.2 Å². The Hall–Kier alpha value is -1.90. The van der Waals surface area contributed by atoms with E-state index in [-0.39, 0.29) is 23.4 Å². The molecule has 0 aliphatic carbocycles. The molecule has 9 heteroatoms. The van der Waals surface area contributed by atoms with Crippen LogP contribution in [0, 0.1) is 0 Å². The van der Waals surface area contributed by atoms with Crippen molar-refractivity contribution in [2.75, 3.05) is 5.75 Å². The molecule has 21 heavy (non-hydrogen) atoms. The normalized spacial score (nSPS) is 10.4. The van der Waals surface area contributed by atoms with Crippen LogP contribution in [0.4, 0.5) is 0 Å². The van der Waals surface area contributed by atoms with Crippen LogP contribution in [0.15, 0.2) is 33.9 Å². The molecule has 0 fully saturated rings. The maximum atomic E-state index is 11.8. The number of thioether (sulfide) groups is 1. The molecule has 2 amide bonds. The van der Waals surface area contributed by atoms with E-state index < -0.39 is 11.8 Å². The molecule has 0 atom stereocenters. The standard InChI is InChI=1S/C12H11ClN4O3S/c13-8-3-1-7(2-4-8)11(19)15-9(18)6-21-12-17-16-10(5-14)20-12/h1-4H,5-6,14H2,(H,15,18,19). The molecule has 0 unspecified atom stereocenters. The van der Waals surface area contributed by atoms with Gasteiger partial charge in [0.05, 0.1) is 12.3 Å². The topological polar surface area (TPSA) is 111 Å². The van der Waals surface area contributed by atoms with Gasteiger partial charge in [-0.3, -0.25) is 14.9 Å². The number of halogens is 1. The van der Waals surface area contributed by atoms with Crippen molar-refractivity contribution in [2.24, 2.45) is 5.73 Å². The first-order valence-corrected chi connectivity index (χ1v) is 7.20. The lowest BCUT2D eigenvalue weighted by molar-refractivity contribution is -0.117. The van der Waals surface area contributed by atoms with E-state index in [1.54, 1.807) is 12.1 Å². The highest BCUT2D eigenvalue weighted by Gasteiger charge is 2.12. The Labute approximate surface area is 129 Å². The molecule has 2 aromatic rings. The maximum absolute atomic E-state index is 11.8. The average molecular weight is 327 g/mol. The second-order valence-corrected chi connectivity index (χ2v) is 5.20.